The van der Waals surface area contributed by atoms with Gasteiger partial charge in [-0.3, -0.25) is 13.7 Å². The van der Waals surface area contributed by atoms with E-state index in [1.807, 2.05) is 11.8 Å². The van der Waals surface area contributed by atoms with E-state index in [9.17, 15) is 13.0 Å². The summed E-state index contributed by atoms with van der Waals surface area (Å²) in [4.78, 5) is 2.47. The molecule has 0 bridgehead atoms. The Morgan fingerprint density at radius 2 is 1.57 bits per heavy atom. The van der Waals surface area contributed by atoms with E-state index < -0.39 is 10.4 Å². The highest BCUT2D eigenvalue weighted by molar-refractivity contribution is 8.13. The van der Waals surface area contributed by atoms with E-state index in [1.54, 1.807) is 0 Å². The van der Waals surface area contributed by atoms with Crippen LogP contribution in [0.5, 0.6) is 0 Å². The molecule has 21 heavy (non-hydrogen) atoms. The van der Waals surface area contributed by atoms with E-state index >= 15 is 0 Å². The van der Waals surface area contributed by atoms with Crippen LogP contribution in [0, 0.1) is 0 Å². The van der Waals surface area contributed by atoms with Crippen LogP contribution < -0.4 is 0 Å². The molecule has 0 N–H and O–H groups in total. The number of rotatable bonds is 7. The maximum Gasteiger partial charge on any atom is 0.308 e. The van der Waals surface area contributed by atoms with Crippen LogP contribution in [0.4, 0.5) is 0 Å². The van der Waals surface area contributed by atoms with Crippen molar-refractivity contribution in [1.82, 2.24) is 4.90 Å². The summed E-state index contributed by atoms with van der Waals surface area (Å²) in [5.74, 6) is 1.22. The molecule has 0 aromatic rings. The van der Waals surface area contributed by atoms with E-state index in [4.69, 9.17) is 0 Å². The van der Waals surface area contributed by atoms with Gasteiger partial charge in [0.15, 0.2) is 0 Å². The van der Waals surface area contributed by atoms with Crippen molar-refractivity contribution >= 4 is 27.3 Å². The van der Waals surface area contributed by atoms with Crippen LogP contribution in [0.25, 0.3) is 0 Å². The first-order valence-corrected chi connectivity index (χ1v) is 9.63. The second-order valence-corrected chi connectivity index (χ2v) is 6.26. The number of hydrogen-bond donors (Lipinski definition) is 0. The van der Waals surface area contributed by atoms with E-state index in [0.29, 0.717) is 0 Å². The van der Waals surface area contributed by atoms with Crippen LogP contribution in [-0.4, -0.2) is 66.7 Å². The van der Waals surface area contributed by atoms with Gasteiger partial charge in [0.25, 0.3) is 0 Å². The van der Waals surface area contributed by atoms with Crippen LogP contribution >= 0.6 is 11.8 Å². The fraction of sp³-hybridized carbons (Fsp3) is 0.923. The highest BCUT2D eigenvalue weighted by Crippen LogP contribution is 2.10. The molecule has 0 aliphatic heterocycles. The largest absolute Gasteiger partial charge is 0.726 e. The predicted molar refractivity (Wildman–Crippen MR) is 88.7 cm³/mol. The Kier molecular flexibility index (Phi) is 14.6. The van der Waals surface area contributed by atoms with Gasteiger partial charge in [-0.2, -0.15) is 0 Å². The number of amidine groups is 1. The zero-order chi connectivity index (χ0) is 16.9. The molecule has 0 saturated carbocycles. The first kappa shape index (κ1) is 23.0. The first-order valence-electron chi connectivity index (χ1n) is 7.32. The number of hydrogen-bond acceptors (Lipinski definition) is 5. The summed E-state index contributed by atoms with van der Waals surface area (Å²) >= 11 is 2.00. The summed E-state index contributed by atoms with van der Waals surface area (Å²) in [5.41, 5.74) is 0. The molecule has 0 aliphatic carbocycles. The zero-order valence-corrected chi connectivity index (χ0v) is 15.7. The van der Waals surface area contributed by atoms with Gasteiger partial charge in [-0.05, 0) is 45.9 Å². The minimum absolute atomic E-state index is 0.808. The standard InChI is InChI=1S/C12H27N2S.CH4O4S/c1-6-11-15-12(13(7-2)8-3)14(9-4)10-5;1-5-6(2,3)4/h6-11H2,1-5H3;1H3,(H,2,3,4)/q+1;/p-1. The van der Waals surface area contributed by atoms with Gasteiger partial charge in [-0.25, -0.2) is 8.42 Å². The van der Waals surface area contributed by atoms with Gasteiger partial charge < -0.3 is 4.55 Å². The maximum absolute atomic E-state index is 9.22. The van der Waals surface area contributed by atoms with Gasteiger partial charge in [-0.15, -0.1) is 0 Å². The van der Waals surface area contributed by atoms with Crippen LogP contribution in [0.2, 0.25) is 0 Å². The Hall–Kier alpha value is -0.310. The highest BCUT2D eigenvalue weighted by Gasteiger charge is 2.18. The molecule has 0 aromatic heterocycles. The average molecular weight is 343 g/mol. The van der Waals surface area contributed by atoms with Gasteiger partial charge in [-0.1, -0.05) is 6.92 Å². The minimum atomic E-state index is -4.41. The molecule has 8 heteroatoms. The van der Waals surface area contributed by atoms with Gasteiger partial charge >= 0.3 is 5.17 Å². The predicted octanol–water partition coefficient (Wildman–Crippen LogP) is 1.97. The summed E-state index contributed by atoms with van der Waals surface area (Å²) in [6.45, 7) is 15.6. The molecule has 0 atom stereocenters. The van der Waals surface area contributed by atoms with Gasteiger partial charge in [0.1, 0.15) is 0 Å². The van der Waals surface area contributed by atoms with Crippen molar-refractivity contribution < 1.29 is 21.7 Å². The molecule has 0 amide bonds. The molecule has 0 unspecified atom stereocenters. The van der Waals surface area contributed by atoms with Crippen molar-refractivity contribution in [3.63, 3.8) is 0 Å². The summed E-state index contributed by atoms with van der Waals surface area (Å²) in [7, 11) is -3.60. The van der Waals surface area contributed by atoms with Crippen molar-refractivity contribution in [3.8, 4) is 0 Å². The van der Waals surface area contributed by atoms with Crippen LogP contribution in [-0.2, 0) is 14.6 Å². The molecule has 0 heterocycles. The van der Waals surface area contributed by atoms with Crippen LogP contribution in [0.15, 0.2) is 0 Å². The van der Waals surface area contributed by atoms with Gasteiger partial charge in [0, 0.05) is 5.75 Å². The van der Waals surface area contributed by atoms with Crippen molar-refractivity contribution in [2.45, 2.75) is 41.0 Å². The van der Waals surface area contributed by atoms with Crippen LogP contribution in [0.3, 0.4) is 0 Å². The molecule has 0 fully saturated rings. The van der Waals surface area contributed by atoms with Crippen LogP contribution in [0.1, 0.15) is 41.0 Å². The highest BCUT2D eigenvalue weighted by atomic mass is 32.3. The smallest absolute Gasteiger partial charge is 0.308 e. The molecule has 0 rings (SSSR count). The third-order valence-corrected chi connectivity index (χ3v) is 4.50. The lowest BCUT2D eigenvalue weighted by molar-refractivity contribution is -0.522. The molecule has 6 nitrogen and oxygen atoms in total. The van der Waals surface area contributed by atoms with E-state index in [0.717, 1.165) is 33.3 Å². The summed E-state index contributed by atoms with van der Waals surface area (Å²) in [6.07, 6.45) is 1.25. The maximum atomic E-state index is 9.22. The third kappa shape index (κ3) is 12.0. The lowest BCUT2D eigenvalue weighted by Crippen LogP contribution is -2.36. The van der Waals surface area contributed by atoms with Gasteiger partial charge in [0.2, 0.25) is 10.4 Å². The number of thioether (sulfide) groups is 1. The SMILES string of the molecule is CCCSC(N(CC)CC)=[N+](CC)CC.COS(=O)(=O)[O-]. The molecule has 128 valence electrons. The Morgan fingerprint density at radius 1 is 1.14 bits per heavy atom. The van der Waals surface area contributed by atoms with Crippen molar-refractivity contribution in [2.75, 3.05) is 39.0 Å². The van der Waals surface area contributed by atoms with E-state index in [2.05, 4.69) is 48.3 Å². The Labute approximate surface area is 134 Å². The van der Waals surface area contributed by atoms with E-state index in [-0.39, 0.29) is 0 Å². The lowest BCUT2D eigenvalue weighted by Gasteiger charge is -2.18. The Bertz CT molecular complexity index is 374. The van der Waals surface area contributed by atoms with Crippen molar-refractivity contribution in [3.05, 3.63) is 0 Å². The zero-order valence-electron chi connectivity index (χ0n) is 14.1. The molecule has 0 aromatic carbocycles. The second-order valence-electron chi connectivity index (χ2n) is 4.05. The molecular formula is C13H30N2O4S2. The number of nitrogens with zero attached hydrogens (tertiary/aromatic N) is 2. The lowest BCUT2D eigenvalue weighted by atomic mass is 10.5. The Morgan fingerprint density at radius 3 is 1.81 bits per heavy atom. The second kappa shape index (κ2) is 13.4. The van der Waals surface area contributed by atoms with Gasteiger partial charge in [0.05, 0.1) is 33.3 Å². The third-order valence-electron chi connectivity index (χ3n) is 2.71. The van der Waals surface area contributed by atoms with Crippen molar-refractivity contribution in [2.24, 2.45) is 0 Å². The Balaban J connectivity index is 0. The molecule has 0 radical (unpaired) electrons. The average Bonchev–Trinajstić information content (AvgIpc) is 2.46. The molecule has 0 saturated heterocycles. The molecule has 0 aliphatic rings. The summed E-state index contributed by atoms with van der Waals surface area (Å²) in [6, 6.07) is 0. The normalized spacial score (nSPS) is 10.6. The minimum Gasteiger partial charge on any atom is -0.726 e. The fourth-order valence-corrected chi connectivity index (χ4v) is 2.83. The monoisotopic (exact) mass is 342 g/mol. The summed E-state index contributed by atoms with van der Waals surface area (Å²) in [5, 5.41) is 1.46. The quantitative estimate of drug-likeness (QED) is 0.232. The molecular weight excluding hydrogens is 312 g/mol. The molecule has 0 spiro atoms. The fourth-order valence-electron chi connectivity index (χ4n) is 1.56. The van der Waals surface area contributed by atoms with Crippen molar-refractivity contribution in [1.29, 1.82) is 0 Å². The van der Waals surface area contributed by atoms with E-state index in [1.165, 1.54) is 17.3 Å². The topological polar surface area (TPSA) is 72.7 Å². The summed E-state index contributed by atoms with van der Waals surface area (Å²) < 4.78 is 33.5. The first-order chi connectivity index (χ1) is 9.80.